The quantitative estimate of drug-likeness (QED) is 0.711. The molecule has 1 aromatic carbocycles. The van der Waals surface area contributed by atoms with E-state index in [1.165, 1.54) is 24.5 Å². The number of ether oxygens (including phenoxy) is 1. The van der Waals surface area contributed by atoms with Gasteiger partial charge in [-0.25, -0.2) is 19.2 Å². The molecular formula is C20H25ClFN5O2. The van der Waals surface area contributed by atoms with Crippen LogP contribution in [0, 0.1) is 5.82 Å². The fourth-order valence-electron chi connectivity index (χ4n) is 3.16. The summed E-state index contributed by atoms with van der Waals surface area (Å²) in [5.74, 6) is 0.933. The third-order valence-electron chi connectivity index (χ3n) is 4.76. The SMILES string of the molecule is CCCCNC(=O)N1CCN(c2cc(Oc3ccc(F)c(Cl)c3)ncn2)CC1C. The van der Waals surface area contributed by atoms with E-state index >= 15 is 0 Å². The zero-order chi connectivity index (χ0) is 20.8. The predicted molar refractivity (Wildman–Crippen MR) is 110 cm³/mol. The largest absolute Gasteiger partial charge is 0.439 e. The molecule has 1 atom stereocenters. The number of benzene rings is 1. The van der Waals surface area contributed by atoms with Crippen LogP contribution in [-0.2, 0) is 0 Å². The number of anilines is 1. The number of amides is 2. The summed E-state index contributed by atoms with van der Waals surface area (Å²) in [7, 11) is 0. The van der Waals surface area contributed by atoms with Gasteiger partial charge in [0.2, 0.25) is 5.88 Å². The number of hydrogen-bond donors (Lipinski definition) is 1. The number of carbonyl (C=O) groups is 1. The van der Waals surface area contributed by atoms with Crippen molar-refractivity contribution in [3.8, 4) is 11.6 Å². The summed E-state index contributed by atoms with van der Waals surface area (Å²) < 4.78 is 19.0. The summed E-state index contributed by atoms with van der Waals surface area (Å²) in [5, 5.41) is 2.95. The first-order valence-corrected chi connectivity index (χ1v) is 10.1. The Morgan fingerprint density at radius 2 is 2.17 bits per heavy atom. The summed E-state index contributed by atoms with van der Waals surface area (Å²) in [6.45, 7) is 6.72. The Hall–Kier alpha value is -2.61. The molecule has 0 spiro atoms. The maximum atomic E-state index is 13.3. The van der Waals surface area contributed by atoms with Gasteiger partial charge in [0.15, 0.2) is 0 Å². The minimum atomic E-state index is -0.506. The first-order valence-electron chi connectivity index (χ1n) is 9.72. The molecule has 3 rings (SSSR count). The predicted octanol–water partition coefficient (Wildman–Crippen LogP) is 4.08. The molecule has 1 aliphatic heterocycles. The summed E-state index contributed by atoms with van der Waals surface area (Å²) >= 11 is 5.79. The standard InChI is InChI=1S/C20H25ClFN5O2/c1-3-4-7-23-20(28)27-9-8-26(12-14(27)2)18-11-19(25-13-24-18)29-15-5-6-17(22)16(21)10-15/h5-6,10-11,13-14H,3-4,7-9,12H2,1-2H3,(H,23,28). The lowest BCUT2D eigenvalue weighted by atomic mass is 10.2. The second-order valence-corrected chi connectivity index (χ2v) is 7.37. The lowest BCUT2D eigenvalue weighted by Crippen LogP contribution is -2.56. The van der Waals surface area contributed by atoms with E-state index in [-0.39, 0.29) is 17.1 Å². The van der Waals surface area contributed by atoms with Crippen LogP contribution in [0.1, 0.15) is 26.7 Å². The molecule has 7 nitrogen and oxygen atoms in total. The van der Waals surface area contributed by atoms with Crippen molar-refractivity contribution in [1.29, 1.82) is 0 Å². The van der Waals surface area contributed by atoms with E-state index in [9.17, 15) is 9.18 Å². The number of urea groups is 1. The molecule has 2 aromatic rings. The van der Waals surface area contributed by atoms with E-state index in [2.05, 4.69) is 27.1 Å². The molecule has 29 heavy (non-hydrogen) atoms. The van der Waals surface area contributed by atoms with Crippen molar-refractivity contribution in [3.05, 3.63) is 41.4 Å². The van der Waals surface area contributed by atoms with Crippen LogP contribution in [0.4, 0.5) is 15.0 Å². The molecule has 2 amide bonds. The molecule has 1 unspecified atom stereocenters. The van der Waals surface area contributed by atoms with Crippen LogP contribution in [0.3, 0.4) is 0 Å². The van der Waals surface area contributed by atoms with Gasteiger partial charge in [0.1, 0.15) is 23.7 Å². The molecule has 9 heteroatoms. The van der Waals surface area contributed by atoms with Gasteiger partial charge in [0, 0.05) is 44.4 Å². The number of nitrogens with one attached hydrogen (secondary N) is 1. The Balaban J connectivity index is 1.62. The average molecular weight is 422 g/mol. The summed E-state index contributed by atoms with van der Waals surface area (Å²) in [6, 6.07) is 5.87. The number of halogens is 2. The smallest absolute Gasteiger partial charge is 0.317 e. The number of nitrogens with zero attached hydrogens (tertiary/aromatic N) is 4. The summed E-state index contributed by atoms with van der Waals surface area (Å²) in [5.41, 5.74) is 0. The van der Waals surface area contributed by atoms with Gasteiger partial charge >= 0.3 is 6.03 Å². The van der Waals surface area contributed by atoms with E-state index < -0.39 is 5.82 Å². The second kappa shape index (κ2) is 9.73. The number of piperazine rings is 1. The van der Waals surface area contributed by atoms with E-state index in [0.717, 1.165) is 12.8 Å². The van der Waals surface area contributed by atoms with Gasteiger partial charge in [0.25, 0.3) is 0 Å². The highest BCUT2D eigenvalue weighted by Crippen LogP contribution is 2.27. The van der Waals surface area contributed by atoms with Gasteiger partial charge < -0.3 is 19.9 Å². The van der Waals surface area contributed by atoms with E-state index in [4.69, 9.17) is 16.3 Å². The van der Waals surface area contributed by atoms with Crippen molar-refractivity contribution in [1.82, 2.24) is 20.2 Å². The fourth-order valence-corrected chi connectivity index (χ4v) is 3.33. The van der Waals surface area contributed by atoms with Crippen LogP contribution < -0.4 is 15.0 Å². The van der Waals surface area contributed by atoms with Crippen LogP contribution in [-0.4, -0.2) is 53.1 Å². The van der Waals surface area contributed by atoms with Crippen molar-refractivity contribution in [2.45, 2.75) is 32.7 Å². The number of aromatic nitrogens is 2. The Labute approximate surface area is 174 Å². The first kappa shape index (κ1) is 21.1. The Morgan fingerprint density at radius 1 is 1.34 bits per heavy atom. The van der Waals surface area contributed by atoms with Crippen molar-refractivity contribution < 1.29 is 13.9 Å². The first-order chi connectivity index (χ1) is 14.0. The monoisotopic (exact) mass is 421 g/mol. The maximum Gasteiger partial charge on any atom is 0.317 e. The number of unbranched alkanes of at least 4 members (excludes halogenated alkanes) is 1. The van der Waals surface area contributed by atoms with Crippen LogP contribution in [0.2, 0.25) is 5.02 Å². The lowest BCUT2D eigenvalue weighted by Gasteiger charge is -2.40. The minimum Gasteiger partial charge on any atom is -0.439 e. The third kappa shape index (κ3) is 5.47. The zero-order valence-electron chi connectivity index (χ0n) is 16.6. The van der Waals surface area contributed by atoms with E-state index in [1.54, 1.807) is 6.07 Å². The van der Waals surface area contributed by atoms with E-state index in [0.29, 0.717) is 43.6 Å². The van der Waals surface area contributed by atoms with Gasteiger partial charge in [-0.05, 0) is 25.5 Å². The Bertz CT molecular complexity index is 853. The third-order valence-corrected chi connectivity index (χ3v) is 5.05. The molecule has 156 valence electrons. The number of carbonyl (C=O) groups excluding carboxylic acids is 1. The molecule has 0 bridgehead atoms. The molecule has 0 radical (unpaired) electrons. The van der Waals surface area contributed by atoms with Crippen molar-refractivity contribution in [3.63, 3.8) is 0 Å². The van der Waals surface area contributed by atoms with Crippen LogP contribution >= 0.6 is 11.6 Å². The molecule has 2 heterocycles. The number of rotatable bonds is 6. The molecular weight excluding hydrogens is 397 g/mol. The van der Waals surface area contributed by atoms with Crippen molar-refractivity contribution >= 4 is 23.4 Å². The minimum absolute atomic E-state index is 0.0149. The topological polar surface area (TPSA) is 70.6 Å². The molecule has 0 aliphatic carbocycles. The van der Waals surface area contributed by atoms with Gasteiger partial charge in [-0.3, -0.25) is 0 Å². The lowest BCUT2D eigenvalue weighted by molar-refractivity contribution is 0.171. The van der Waals surface area contributed by atoms with E-state index in [1.807, 2.05) is 11.8 Å². The molecule has 0 saturated carbocycles. The Morgan fingerprint density at radius 3 is 2.90 bits per heavy atom. The molecule has 1 saturated heterocycles. The zero-order valence-corrected chi connectivity index (χ0v) is 17.3. The summed E-state index contributed by atoms with van der Waals surface area (Å²) in [6.07, 6.45) is 3.44. The van der Waals surface area contributed by atoms with Crippen LogP contribution in [0.25, 0.3) is 0 Å². The molecule has 1 aliphatic rings. The fraction of sp³-hybridized carbons (Fsp3) is 0.450. The molecule has 1 N–H and O–H groups in total. The van der Waals surface area contributed by atoms with Gasteiger partial charge in [-0.1, -0.05) is 24.9 Å². The van der Waals surface area contributed by atoms with Gasteiger partial charge in [0.05, 0.1) is 5.02 Å². The van der Waals surface area contributed by atoms with Gasteiger partial charge in [-0.15, -0.1) is 0 Å². The van der Waals surface area contributed by atoms with Gasteiger partial charge in [-0.2, -0.15) is 0 Å². The highest BCUT2D eigenvalue weighted by molar-refractivity contribution is 6.30. The molecule has 1 aromatic heterocycles. The normalized spacial score (nSPS) is 16.6. The van der Waals surface area contributed by atoms with Crippen molar-refractivity contribution in [2.75, 3.05) is 31.1 Å². The second-order valence-electron chi connectivity index (χ2n) is 6.97. The van der Waals surface area contributed by atoms with Crippen LogP contribution in [0.5, 0.6) is 11.6 Å². The molecule has 1 fully saturated rings. The Kier molecular flexibility index (Phi) is 7.09. The van der Waals surface area contributed by atoms with Crippen molar-refractivity contribution in [2.24, 2.45) is 0 Å². The highest BCUT2D eigenvalue weighted by atomic mass is 35.5. The summed E-state index contributed by atoms with van der Waals surface area (Å²) in [4.78, 5) is 24.7. The highest BCUT2D eigenvalue weighted by Gasteiger charge is 2.28. The van der Waals surface area contributed by atoms with Crippen LogP contribution in [0.15, 0.2) is 30.6 Å². The maximum absolute atomic E-state index is 13.3. The number of hydrogen-bond acceptors (Lipinski definition) is 5. The average Bonchev–Trinajstić information content (AvgIpc) is 2.71.